The van der Waals surface area contributed by atoms with Gasteiger partial charge in [-0.2, -0.15) is 9.97 Å². The van der Waals surface area contributed by atoms with Crippen molar-refractivity contribution >= 4 is 0 Å². The van der Waals surface area contributed by atoms with E-state index in [1.807, 2.05) is 0 Å². The lowest BCUT2D eigenvalue weighted by molar-refractivity contribution is 0.0688. The monoisotopic (exact) mass is 344 g/mol. The number of nitrogens with zero attached hydrogens (tertiary/aromatic N) is 6. The predicted octanol–water partition coefficient (Wildman–Crippen LogP) is 1.91. The van der Waals surface area contributed by atoms with E-state index in [1.165, 1.54) is 25.7 Å². The molecule has 0 amide bonds. The molecule has 0 radical (unpaired) electrons. The van der Waals surface area contributed by atoms with E-state index in [-0.39, 0.29) is 0 Å². The van der Waals surface area contributed by atoms with Gasteiger partial charge in [0, 0.05) is 37.5 Å². The Labute approximate surface area is 146 Å². The van der Waals surface area contributed by atoms with Gasteiger partial charge in [0.05, 0.1) is 13.1 Å². The summed E-state index contributed by atoms with van der Waals surface area (Å²) in [4.78, 5) is 13.9. The highest BCUT2D eigenvalue weighted by molar-refractivity contribution is 5.03. The molecule has 8 heteroatoms. The minimum absolute atomic E-state index is 0.437. The van der Waals surface area contributed by atoms with Crippen molar-refractivity contribution in [1.82, 2.24) is 30.1 Å². The molecular formula is C17H24N6O2. The van der Waals surface area contributed by atoms with Crippen molar-refractivity contribution < 1.29 is 9.05 Å². The molecule has 25 heavy (non-hydrogen) atoms. The van der Waals surface area contributed by atoms with Gasteiger partial charge in [0.15, 0.2) is 11.6 Å². The number of aromatic nitrogens is 4. The Morgan fingerprint density at radius 3 is 2.04 bits per heavy atom. The molecule has 5 rings (SSSR count). The third-order valence-corrected chi connectivity index (χ3v) is 5.38. The van der Waals surface area contributed by atoms with Crippen LogP contribution in [-0.2, 0) is 13.1 Å². The van der Waals surface area contributed by atoms with Gasteiger partial charge in [0.25, 0.3) is 0 Å². The van der Waals surface area contributed by atoms with Crippen molar-refractivity contribution in [3.05, 3.63) is 23.4 Å². The molecule has 2 aliphatic carbocycles. The lowest BCUT2D eigenvalue weighted by Crippen LogP contribution is -2.51. The van der Waals surface area contributed by atoms with Crippen molar-refractivity contribution in [2.75, 3.05) is 19.6 Å². The van der Waals surface area contributed by atoms with Crippen LogP contribution < -0.4 is 0 Å². The Bertz CT molecular complexity index is 735. The highest BCUT2D eigenvalue weighted by atomic mass is 16.5. The second-order valence-corrected chi connectivity index (χ2v) is 7.70. The smallest absolute Gasteiger partial charge is 0.229 e. The van der Waals surface area contributed by atoms with Gasteiger partial charge in [-0.3, -0.25) is 9.80 Å². The zero-order chi connectivity index (χ0) is 16.8. The maximum atomic E-state index is 5.37. The summed E-state index contributed by atoms with van der Waals surface area (Å²) in [6.45, 7) is 6.75. The first-order valence-corrected chi connectivity index (χ1v) is 9.36. The average molecular weight is 344 g/mol. The van der Waals surface area contributed by atoms with E-state index in [9.17, 15) is 0 Å². The first-order valence-electron chi connectivity index (χ1n) is 9.36. The van der Waals surface area contributed by atoms with Gasteiger partial charge in [-0.1, -0.05) is 10.3 Å². The molecule has 8 nitrogen and oxygen atoms in total. The molecule has 2 aromatic rings. The summed E-state index contributed by atoms with van der Waals surface area (Å²) in [6, 6.07) is 0.437. The Balaban J connectivity index is 1.15. The fraction of sp³-hybridized carbons (Fsp3) is 0.765. The lowest BCUT2D eigenvalue weighted by atomic mass is 10.2. The standard InChI is InChI=1S/C17H24N6O2/c1-11-8-22(9-14-18-16(24-20-14)12-2-3-12)6-7-23(11)10-15-19-17(25-21-15)13-4-5-13/h11-13H,2-10H2,1H3/t11-/m0/s1. The molecule has 134 valence electrons. The van der Waals surface area contributed by atoms with Crippen molar-refractivity contribution in [2.24, 2.45) is 0 Å². The zero-order valence-corrected chi connectivity index (χ0v) is 14.6. The first kappa shape index (κ1) is 15.5. The third-order valence-electron chi connectivity index (χ3n) is 5.38. The molecule has 2 aromatic heterocycles. The van der Waals surface area contributed by atoms with E-state index in [1.54, 1.807) is 0 Å². The molecule has 3 aliphatic rings. The molecule has 0 bridgehead atoms. The molecule has 3 fully saturated rings. The summed E-state index contributed by atoms with van der Waals surface area (Å²) in [5.74, 6) is 4.32. The van der Waals surface area contributed by atoms with Crippen LogP contribution in [-0.4, -0.2) is 55.8 Å². The van der Waals surface area contributed by atoms with E-state index in [0.29, 0.717) is 17.9 Å². The summed E-state index contributed by atoms with van der Waals surface area (Å²) in [5.41, 5.74) is 0. The van der Waals surface area contributed by atoms with Crippen LogP contribution >= 0.6 is 0 Å². The fourth-order valence-corrected chi connectivity index (χ4v) is 3.49. The Morgan fingerprint density at radius 1 is 0.880 bits per heavy atom. The second kappa shape index (κ2) is 6.17. The topological polar surface area (TPSA) is 84.3 Å². The van der Waals surface area contributed by atoms with Crippen LogP contribution in [0, 0.1) is 0 Å². The molecule has 1 aliphatic heterocycles. The average Bonchev–Trinajstić information content (AvgIpc) is 3.54. The molecule has 1 atom stereocenters. The molecule has 2 saturated carbocycles. The first-order chi connectivity index (χ1) is 12.2. The Kier molecular flexibility index (Phi) is 3.82. The van der Waals surface area contributed by atoms with Gasteiger partial charge in [0.1, 0.15) is 0 Å². The Hall–Kier alpha value is -1.80. The fourth-order valence-electron chi connectivity index (χ4n) is 3.49. The quantitative estimate of drug-likeness (QED) is 0.786. The Morgan fingerprint density at radius 2 is 1.48 bits per heavy atom. The van der Waals surface area contributed by atoms with Crippen LogP contribution in [0.1, 0.15) is 67.9 Å². The third kappa shape index (κ3) is 3.46. The van der Waals surface area contributed by atoms with E-state index >= 15 is 0 Å². The summed E-state index contributed by atoms with van der Waals surface area (Å²) < 4.78 is 10.7. The largest absolute Gasteiger partial charge is 0.339 e. The zero-order valence-electron chi connectivity index (χ0n) is 14.6. The SMILES string of the molecule is C[C@H]1CN(Cc2noc(C3CC3)n2)CCN1Cc1noc(C2CC2)n1. The maximum absolute atomic E-state index is 5.37. The van der Waals surface area contributed by atoms with Gasteiger partial charge in [-0.05, 0) is 32.6 Å². The summed E-state index contributed by atoms with van der Waals surface area (Å²) in [7, 11) is 0. The number of hydrogen-bond donors (Lipinski definition) is 0. The molecule has 0 N–H and O–H groups in total. The predicted molar refractivity (Wildman–Crippen MR) is 87.7 cm³/mol. The highest BCUT2D eigenvalue weighted by Crippen LogP contribution is 2.39. The van der Waals surface area contributed by atoms with Gasteiger partial charge in [0.2, 0.25) is 11.8 Å². The van der Waals surface area contributed by atoms with Crippen molar-refractivity contribution in [3.63, 3.8) is 0 Å². The molecule has 0 unspecified atom stereocenters. The second-order valence-electron chi connectivity index (χ2n) is 7.70. The minimum atomic E-state index is 0.437. The van der Waals surface area contributed by atoms with E-state index in [0.717, 1.165) is 56.2 Å². The molecule has 3 heterocycles. The van der Waals surface area contributed by atoms with E-state index in [4.69, 9.17) is 9.05 Å². The summed E-state index contributed by atoms with van der Waals surface area (Å²) >= 11 is 0. The van der Waals surface area contributed by atoms with Crippen molar-refractivity contribution in [2.45, 2.75) is 63.6 Å². The van der Waals surface area contributed by atoms with Crippen LogP contribution in [0.25, 0.3) is 0 Å². The molecular weight excluding hydrogens is 320 g/mol. The molecule has 0 aromatic carbocycles. The van der Waals surface area contributed by atoms with Gasteiger partial charge in [-0.15, -0.1) is 0 Å². The van der Waals surface area contributed by atoms with Crippen LogP contribution in [0.2, 0.25) is 0 Å². The summed E-state index contributed by atoms with van der Waals surface area (Å²) in [5, 5.41) is 8.28. The van der Waals surface area contributed by atoms with E-state index < -0.39 is 0 Å². The number of piperazine rings is 1. The normalized spacial score (nSPS) is 25.6. The van der Waals surface area contributed by atoms with E-state index in [2.05, 4.69) is 37.0 Å². The maximum Gasteiger partial charge on any atom is 0.229 e. The molecule has 1 saturated heterocycles. The molecule has 0 spiro atoms. The van der Waals surface area contributed by atoms with Gasteiger partial charge in [-0.25, -0.2) is 0 Å². The minimum Gasteiger partial charge on any atom is -0.339 e. The number of hydrogen-bond acceptors (Lipinski definition) is 8. The van der Waals surface area contributed by atoms with Crippen molar-refractivity contribution in [3.8, 4) is 0 Å². The van der Waals surface area contributed by atoms with Crippen LogP contribution in [0.4, 0.5) is 0 Å². The van der Waals surface area contributed by atoms with Crippen LogP contribution in [0.3, 0.4) is 0 Å². The van der Waals surface area contributed by atoms with Crippen LogP contribution in [0.5, 0.6) is 0 Å². The lowest BCUT2D eigenvalue weighted by Gasteiger charge is -2.38. The number of rotatable bonds is 6. The van der Waals surface area contributed by atoms with Crippen LogP contribution in [0.15, 0.2) is 9.05 Å². The van der Waals surface area contributed by atoms with Gasteiger partial charge >= 0.3 is 0 Å². The van der Waals surface area contributed by atoms with Crippen molar-refractivity contribution in [1.29, 1.82) is 0 Å². The van der Waals surface area contributed by atoms with Gasteiger partial charge < -0.3 is 9.05 Å². The highest BCUT2D eigenvalue weighted by Gasteiger charge is 2.32. The summed E-state index contributed by atoms with van der Waals surface area (Å²) in [6.07, 6.45) is 4.76.